The molecule has 0 saturated carbocycles. The second-order valence-corrected chi connectivity index (χ2v) is 4.81. The van der Waals surface area contributed by atoms with E-state index >= 15 is 0 Å². The van der Waals surface area contributed by atoms with Gasteiger partial charge in [0.25, 0.3) is 0 Å². The molecule has 1 N–H and O–H groups in total. The molecule has 0 amide bonds. The van der Waals surface area contributed by atoms with Crippen molar-refractivity contribution in [1.29, 1.82) is 0 Å². The van der Waals surface area contributed by atoms with E-state index in [4.69, 9.17) is 5.11 Å². The molecule has 1 heterocycles. The third-order valence-electron chi connectivity index (χ3n) is 3.21. The third kappa shape index (κ3) is 4.29. The van der Waals surface area contributed by atoms with Crippen molar-refractivity contribution in [3.05, 3.63) is 53.7 Å². The van der Waals surface area contributed by atoms with Crippen molar-refractivity contribution in [2.24, 2.45) is 0 Å². The van der Waals surface area contributed by atoms with Crippen LogP contribution in [0.5, 0.6) is 0 Å². The summed E-state index contributed by atoms with van der Waals surface area (Å²) in [5.74, 6) is 0. The van der Waals surface area contributed by atoms with E-state index in [0.717, 1.165) is 37.0 Å². The monoisotopic (exact) mass is 295 g/mol. The Bertz CT molecular complexity index is 562. The average Bonchev–Trinajstić information content (AvgIpc) is 2.48. The average molecular weight is 295 g/mol. The van der Waals surface area contributed by atoms with E-state index in [0.29, 0.717) is 11.3 Å². The van der Waals surface area contributed by atoms with Crippen molar-refractivity contribution >= 4 is 0 Å². The molecule has 0 fully saturated rings. The fourth-order valence-corrected chi connectivity index (χ4v) is 2.01. The van der Waals surface area contributed by atoms with Crippen molar-refractivity contribution in [2.75, 3.05) is 6.61 Å². The van der Waals surface area contributed by atoms with E-state index in [-0.39, 0.29) is 6.61 Å². The van der Waals surface area contributed by atoms with Crippen LogP contribution in [-0.2, 0) is 12.6 Å². The number of nitrogens with zero attached hydrogens (tertiary/aromatic N) is 1. The number of rotatable bonds is 5. The third-order valence-corrected chi connectivity index (χ3v) is 3.21. The number of aryl methyl sites for hydroxylation is 1. The molecule has 0 aliphatic heterocycles. The van der Waals surface area contributed by atoms with Crippen molar-refractivity contribution < 1.29 is 18.3 Å². The smallest absolute Gasteiger partial charge is 0.396 e. The van der Waals surface area contributed by atoms with Gasteiger partial charge in [-0.25, -0.2) is 0 Å². The lowest BCUT2D eigenvalue weighted by Gasteiger charge is -2.08. The first-order valence-electron chi connectivity index (χ1n) is 6.74. The van der Waals surface area contributed by atoms with E-state index in [2.05, 4.69) is 4.98 Å². The predicted molar refractivity (Wildman–Crippen MR) is 74.7 cm³/mol. The van der Waals surface area contributed by atoms with Gasteiger partial charge >= 0.3 is 6.18 Å². The molecule has 2 aromatic rings. The molecule has 2 nitrogen and oxygen atoms in total. The van der Waals surface area contributed by atoms with Crippen molar-refractivity contribution in [3.8, 4) is 11.3 Å². The topological polar surface area (TPSA) is 33.1 Å². The number of hydrogen-bond donors (Lipinski definition) is 1. The van der Waals surface area contributed by atoms with E-state index < -0.39 is 11.7 Å². The van der Waals surface area contributed by atoms with Gasteiger partial charge in [0.1, 0.15) is 0 Å². The molecule has 21 heavy (non-hydrogen) atoms. The minimum absolute atomic E-state index is 0.178. The first kappa shape index (κ1) is 15.5. The highest BCUT2D eigenvalue weighted by Crippen LogP contribution is 2.30. The Morgan fingerprint density at radius 2 is 1.67 bits per heavy atom. The van der Waals surface area contributed by atoms with Gasteiger partial charge in [-0.05, 0) is 43.0 Å². The maximum absolute atomic E-state index is 12.5. The van der Waals surface area contributed by atoms with Crippen molar-refractivity contribution in [3.63, 3.8) is 0 Å². The van der Waals surface area contributed by atoms with Crippen LogP contribution in [0, 0.1) is 0 Å². The molecule has 0 radical (unpaired) electrons. The van der Waals surface area contributed by atoms with Crippen LogP contribution in [0.2, 0.25) is 0 Å². The summed E-state index contributed by atoms with van der Waals surface area (Å²) in [5.41, 5.74) is 1.70. The minimum Gasteiger partial charge on any atom is -0.396 e. The van der Waals surface area contributed by atoms with Crippen LogP contribution < -0.4 is 0 Å². The van der Waals surface area contributed by atoms with Crippen LogP contribution in [0.3, 0.4) is 0 Å². The van der Waals surface area contributed by atoms with Gasteiger partial charge in [0, 0.05) is 18.4 Å². The second-order valence-electron chi connectivity index (χ2n) is 4.81. The number of benzene rings is 1. The zero-order valence-electron chi connectivity index (χ0n) is 11.4. The summed E-state index contributed by atoms with van der Waals surface area (Å²) in [7, 11) is 0. The summed E-state index contributed by atoms with van der Waals surface area (Å²) in [6.07, 6.45) is -0.119. The number of halogens is 3. The molecule has 0 unspecified atom stereocenters. The summed E-state index contributed by atoms with van der Waals surface area (Å²) in [6.45, 7) is 0.178. The number of aromatic nitrogens is 1. The highest BCUT2D eigenvalue weighted by Gasteiger charge is 2.29. The fourth-order valence-electron chi connectivity index (χ4n) is 2.01. The molecule has 1 aromatic carbocycles. The van der Waals surface area contributed by atoms with Crippen LogP contribution in [-0.4, -0.2) is 16.7 Å². The number of aliphatic hydroxyl groups excluding tert-OH is 1. The summed E-state index contributed by atoms with van der Waals surface area (Å²) in [6, 6.07) is 8.69. The normalized spacial score (nSPS) is 11.6. The van der Waals surface area contributed by atoms with Crippen LogP contribution in [0.4, 0.5) is 13.2 Å². The van der Waals surface area contributed by atoms with Crippen LogP contribution in [0.25, 0.3) is 11.3 Å². The van der Waals surface area contributed by atoms with Crippen molar-refractivity contribution in [1.82, 2.24) is 4.98 Å². The van der Waals surface area contributed by atoms with Gasteiger partial charge in [-0.3, -0.25) is 4.98 Å². The summed E-state index contributed by atoms with van der Waals surface area (Å²) < 4.78 is 37.5. The molecule has 0 aliphatic carbocycles. The molecule has 0 aliphatic rings. The molecule has 1 aromatic heterocycles. The van der Waals surface area contributed by atoms with Crippen LogP contribution in [0.1, 0.15) is 24.0 Å². The molecule has 112 valence electrons. The first-order valence-corrected chi connectivity index (χ1v) is 6.74. The Kier molecular flexibility index (Phi) is 4.96. The lowest BCUT2D eigenvalue weighted by molar-refractivity contribution is -0.137. The molecular weight excluding hydrogens is 279 g/mol. The van der Waals surface area contributed by atoms with Crippen molar-refractivity contribution in [2.45, 2.75) is 25.4 Å². The predicted octanol–water partition coefficient (Wildman–Crippen LogP) is 4.08. The lowest BCUT2D eigenvalue weighted by atomic mass is 10.1. The highest BCUT2D eigenvalue weighted by atomic mass is 19.4. The van der Waals surface area contributed by atoms with Crippen LogP contribution in [0.15, 0.2) is 42.6 Å². The first-order chi connectivity index (χ1) is 10.0. The van der Waals surface area contributed by atoms with Gasteiger partial charge in [0.05, 0.1) is 11.3 Å². The number of unbranched alkanes of at least 4 members (excludes halogenated alkanes) is 1. The number of aliphatic hydroxyl groups is 1. The molecule has 2 rings (SSSR count). The van der Waals surface area contributed by atoms with Crippen LogP contribution >= 0.6 is 0 Å². The van der Waals surface area contributed by atoms with E-state index in [1.165, 1.54) is 12.1 Å². The Labute approximate surface area is 121 Å². The summed E-state index contributed by atoms with van der Waals surface area (Å²) in [4.78, 5) is 4.28. The largest absolute Gasteiger partial charge is 0.416 e. The van der Waals surface area contributed by atoms with E-state index in [9.17, 15) is 13.2 Å². The standard InChI is InChI=1S/C16H16F3NO/c17-16(18,19)14-7-5-13(6-8-14)15-9-4-12(11-20-15)3-1-2-10-21/h4-9,11,21H,1-3,10H2. The summed E-state index contributed by atoms with van der Waals surface area (Å²) in [5, 5.41) is 8.72. The molecule has 5 heteroatoms. The second kappa shape index (κ2) is 6.72. The molecular formula is C16H16F3NO. The van der Waals surface area contributed by atoms with Gasteiger partial charge in [0.2, 0.25) is 0 Å². The Morgan fingerprint density at radius 3 is 2.19 bits per heavy atom. The summed E-state index contributed by atoms with van der Waals surface area (Å²) >= 11 is 0. The number of alkyl halides is 3. The minimum atomic E-state index is -4.32. The molecule has 0 bridgehead atoms. The van der Waals surface area contributed by atoms with Gasteiger partial charge in [-0.2, -0.15) is 13.2 Å². The number of pyridine rings is 1. The number of hydrogen-bond acceptors (Lipinski definition) is 2. The SMILES string of the molecule is OCCCCc1ccc(-c2ccc(C(F)(F)F)cc2)nc1. The van der Waals surface area contributed by atoms with Gasteiger partial charge in [-0.15, -0.1) is 0 Å². The zero-order valence-corrected chi connectivity index (χ0v) is 11.4. The van der Waals surface area contributed by atoms with E-state index in [1.807, 2.05) is 6.07 Å². The van der Waals surface area contributed by atoms with Gasteiger partial charge in [0.15, 0.2) is 0 Å². The molecule has 0 saturated heterocycles. The Hall–Kier alpha value is -1.88. The van der Waals surface area contributed by atoms with Gasteiger partial charge < -0.3 is 5.11 Å². The highest BCUT2D eigenvalue weighted by molar-refractivity contribution is 5.59. The Morgan fingerprint density at radius 1 is 0.952 bits per heavy atom. The Balaban J connectivity index is 2.08. The fraction of sp³-hybridized carbons (Fsp3) is 0.312. The van der Waals surface area contributed by atoms with E-state index in [1.54, 1.807) is 12.3 Å². The lowest BCUT2D eigenvalue weighted by Crippen LogP contribution is -2.04. The molecule has 0 atom stereocenters. The zero-order chi connectivity index (χ0) is 15.3. The maximum atomic E-state index is 12.5. The van der Waals surface area contributed by atoms with Gasteiger partial charge in [-0.1, -0.05) is 18.2 Å². The quantitative estimate of drug-likeness (QED) is 0.843. The maximum Gasteiger partial charge on any atom is 0.416 e. The molecule has 0 spiro atoms.